The van der Waals surface area contributed by atoms with E-state index in [-0.39, 0.29) is 0 Å². The summed E-state index contributed by atoms with van der Waals surface area (Å²) in [5, 5.41) is 3.38. The lowest BCUT2D eigenvalue weighted by Gasteiger charge is -2.06. The summed E-state index contributed by atoms with van der Waals surface area (Å²) in [6, 6.07) is 14.8. The monoisotopic (exact) mass is 251 g/mol. The maximum atomic E-state index is 4.24. The van der Waals surface area contributed by atoms with Crippen LogP contribution in [0.3, 0.4) is 0 Å². The van der Waals surface area contributed by atoms with Crippen LogP contribution in [0.15, 0.2) is 48.8 Å². The molecule has 3 rings (SSSR count). The zero-order valence-corrected chi connectivity index (χ0v) is 11.0. The second kappa shape index (κ2) is 5.14. The van der Waals surface area contributed by atoms with E-state index in [1.54, 1.807) is 6.33 Å². The van der Waals surface area contributed by atoms with Crippen molar-refractivity contribution >= 4 is 16.7 Å². The Balaban J connectivity index is 1.88. The highest BCUT2D eigenvalue weighted by Gasteiger charge is 2.01. The fourth-order valence-electron chi connectivity index (χ4n) is 2.17. The molecule has 0 aliphatic carbocycles. The number of nitrogens with zero attached hydrogens (tertiary/aromatic N) is 1. The van der Waals surface area contributed by atoms with E-state index in [1.165, 1.54) is 16.8 Å². The van der Waals surface area contributed by atoms with Crippen LogP contribution in [0, 0.1) is 0 Å². The first kappa shape index (κ1) is 11.8. The molecule has 0 fully saturated rings. The van der Waals surface area contributed by atoms with Crippen molar-refractivity contribution in [3.8, 4) is 11.1 Å². The molecule has 2 N–H and O–H groups in total. The van der Waals surface area contributed by atoms with Gasteiger partial charge in [0.1, 0.15) is 0 Å². The number of hydrogen-bond acceptors (Lipinski definition) is 2. The van der Waals surface area contributed by atoms with Crippen LogP contribution in [-0.4, -0.2) is 16.5 Å². The van der Waals surface area contributed by atoms with Gasteiger partial charge in [0, 0.05) is 12.2 Å². The van der Waals surface area contributed by atoms with Crippen LogP contribution in [0.25, 0.3) is 22.2 Å². The molecule has 19 heavy (non-hydrogen) atoms. The van der Waals surface area contributed by atoms with E-state index in [9.17, 15) is 0 Å². The summed E-state index contributed by atoms with van der Waals surface area (Å²) in [6.07, 6.45) is 2.87. The average molecular weight is 251 g/mol. The predicted molar refractivity (Wildman–Crippen MR) is 80.3 cm³/mol. The van der Waals surface area contributed by atoms with Crippen LogP contribution < -0.4 is 5.32 Å². The van der Waals surface area contributed by atoms with E-state index in [4.69, 9.17) is 0 Å². The Labute approximate surface area is 112 Å². The molecule has 0 unspecified atom stereocenters. The molecule has 3 heteroatoms. The smallest absolute Gasteiger partial charge is 0.0931 e. The lowest BCUT2D eigenvalue weighted by molar-refractivity contribution is 0.980. The summed E-state index contributed by atoms with van der Waals surface area (Å²) in [6.45, 7) is 3.18. The number of nitrogens with one attached hydrogen (secondary N) is 2. The highest BCUT2D eigenvalue weighted by atomic mass is 14.9. The van der Waals surface area contributed by atoms with Gasteiger partial charge in [-0.1, -0.05) is 25.1 Å². The number of hydrogen-bond donors (Lipinski definition) is 2. The molecule has 0 bridgehead atoms. The Morgan fingerprint density at radius 2 is 1.84 bits per heavy atom. The molecule has 0 saturated heterocycles. The average Bonchev–Trinajstić information content (AvgIpc) is 2.93. The van der Waals surface area contributed by atoms with E-state index in [0.29, 0.717) is 0 Å². The third-order valence-electron chi connectivity index (χ3n) is 3.22. The molecule has 3 aromatic rings. The second-order valence-electron chi connectivity index (χ2n) is 4.64. The number of H-pyrrole nitrogens is 1. The van der Waals surface area contributed by atoms with Crippen LogP contribution in [0.5, 0.6) is 0 Å². The lowest BCUT2D eigenvalue weighted by Crippen LogP contribution is -1.98. The van der Waals surface area contributed by atoms with Crippen LogP contribution in [0.2, 0.25) is 0 Å². The van der Waals surface area contributed by atoms with Crippen molar-refractivity contribution in [1.29, 1.82) is 0 Å². The fourth-order valence-corrected chi connectivity index (χ4v) is 2.17. The standard InChI is InChI=1S/C16H17N3/c1-2-9-17-14-6-3-12(4-7-14)13-5-8-15-16(10-13)19-11-18-15/h3-8,10-11,17H,2,9H2,1H3,(H,18,19). The second-order valence-corrected chi connectivity index (χ2v) is 4.64. The summed E-state index contributed by atoms with van der Waals surface area (Å²) in [5.74, 6) is 0. The van der Waals surface area contributed by atoms with Crippen LogP contribution in [0.4, 0.5) is 5.69 Å². The Morgan fingerprint density at radius 1 is 1.05 bits per heavy atom. The van der Waals surface area contributed by atoms with Gasteiger partial charge in [0.2, 0.25) is 0 Å². The summed E-state index contributed by atoms with van der Waals surface area (Å²) >= 11 is 0. The number of benzene rings is 2. The third kappa shape index (κ3) is 2.45. The van der Waals surface area contributed by atoms with Gasteiger partial charge in [-0.15, -0.1) is 0 Å². The molecule has 0 amide bonds. The predicted octanol–water partition coefficient (Wildman–Crippen LogP) is 4.05. The maximum Gasteiger partial charge on any atom is 0.0931 e. The minimum absolute atomic E-state index is 1.00. The third-order valence-corrected chi connectivity index (χ3v) is 3.22. The quantitative estimate of drug-likeness (QED) is 0.734. The highest BCUT2D eigenvalue weighted by Crippen LogP contribution is 2.24. The van der Waals surface area contributed by atoms with E-state index >= 15 is 0 Å². The molecular weight excluding hydrogens is 234 g/mol. The zero-order chi connectivity index (χ0) is 13.1. The van der Waals surface area contributed by atoms with Gasteiger partial charge in [0.05, 0.1) is 17.4 Å². The number of aromatic amines is 1. The van der Waals surface area contributed by atoms with Crippen LogP contribution in [-0.2, 0) is 0 Å². The van der Waals surface area contributed by atoms with Gasteiger partial charge >= 0.3 is 0 Å². The van der Waals surface area contributed by atoms with Gasteiger partial charge in [-0.05, 0) is 41.8 Å². The minimum Gasteiger partial charge on any atom is -0.385 e. The SMILES string of the molecule is CCCNc1ccc(-c2ccc3nc[nH]c3c2)cc1. The van der Waals surface area contributed by atoms with Crippen LogP contribution >= 0.6 is 0 Å². The number of anilines is 1. The minimum atomic E-state index is 1.00. The summed E-state index contributed by atoms with van der Waals surface area (Å²) < 4.78 is 0. The number of aromatic nitrogens is 2. The van der Waals surface area contributed by atoms with E-state index in [1.807, 2.05) is 6.07 Å². The summed E-state index contributed by atoms with van der Waals surface area (Å²) in [4.78, 5) is 7.38. The normalized spacial score (nSPS) is 10.8. The molecule has 0 atom stereocenters. The van der Waals surface area contributed by atoms with Crippen molar-refractivity contribution in [3.63, 3.8) is 0 Å². The first-order valence-corrected chi connectivity index (χ1v) is 6.64. The molecule has 0 spiro atoms. The maximum absolute atomic E-state index is 4.24. The largest absolute Gasteiger partial charge is 0.385 e. The first-order chi connectivity index (χ1) is 9.36. The van der Waals surface area contributed by atoms with Gasteiger partial charge < -0.3 is 10.3 Å². The molecule has 1 aromatic heterocycles. The molecule has 3 nitrogen and oxygen atoms in total. The van der Waals surface area contributed by atoms with Gasteiger partial charge in [0.15, 0.2) is 0 Å². The zero-order valence-electron chi connectivity index (χ0n) is 11.0. The Bertz CT molecular complexity index is 668. The number of fused-ring (bicyclic) bond motifs is 1. The number of rotatable bonds is 4. The Hall–Kier alpha value is -2.29. The molecule has 0 aliphatic heterocycles. The first-order valence-electron chi connectivity index (χ1n) is 6.64. The van der Waals surface area contributed by atoms with Gasteiger partial charge in [-0.25, -0.2) is 4.98 Å². The number of imidazole rings is 1. The van der Waals surface area contributed by atoms with E-state index in [2.05, 4.69) is 58.6 Å². The Morgan fingerprint density at radius 3 is 2.63 bits per heavy atom. The Kier molecular flexibility index (Phi) is 3.19. The van der Waals surface area contributed by atoms with Crippen molar-refractivity contribution < 1.29 is 0 Å². The lowest BCUT2D eigenvalue weighted by atomic mass is 10.0. The van der Waals surface area contributed by atoms with Crippen LogP contribution in [0.1, 0.15) is 13.3 Å². The molecule has 0 radical (unpaired) electrons. The molecular formula is C16H17N3. The molecule has 1 heterocycles. The summed E-state index contributed by atoms with van der Waals surface area (Å²) in [7, 11) is 0. The van der Waals surface area contributed by atoms with Crippen molar-refractivity contribution in [2.45, 2.75) is 13.3 Å². The molecule has 2 aromatic carbocycles. The van der Waals surface area contributed by atoms with Crippen molar-refractivity contribution in [2.75, 3.05) is 11.9 Å². The van der Waals surface area contributed by atoms with Gasteiger partial charge in [0.25, 0.3) is 0 Å². The van der Waals surface area contributed by atoms with Crippen molar-refractivity contribution in [2.24, 2.45) is 0 Å². The topological polar surface area (TPSA) is 40.7 Å². The molecule has 0 aliphatic rings. The fraction of sp³-hybridized carbons (Fsp3) is 0.188. The molecule has 96 valence electrons. The summed E-state index contributed by atoms with van der Waals surface area (Å²) in [5.41, 5.74) is 5.68. The highest BCUT2D eigenvalue weighted by molar-refractivity contribution is 5.81. The van der Waals surface area contributed by atoms with E-state index in [0.717, 1.165) is 24.0 Å². The van der Waals surface area contributed by atoms with Gasteiger partial charge in [-0.3, -0.25) is 0 Å². The van der Waals surface area contributed by atoms with Gasteiger partial charge in [-0.2, -0.15) is 0 Å². The van der Waals surface area contributed by atoms with Crippen molar-refractivity contribution in [1.82, 2.24) is 9.97 Å². The molecule has 0 saturated carbocycles. The van der Waals surface area contributed by atoms with Crippen molar-refractivity contribution in [3.05, 3.63) is 48.8 Å². The van der Waals surface area contributed by atoms with E-state index < -0.39 is 0 Å².